The minimum atomic E-state index is -4.10. The number of nitrogens with two attached hydrogens (primary N) is 2. The number of nitrogens with one attached hydrogen (secondary N) is 1. The van der Waals surface area contributed by atoms with Gasteiger partial charge in [0, 0.05) is 16.7 Å². The molecule has 1 atom stereocenters. The van der Waals surface area contributed by atoms with Crippen molar-refractivity contribution < 1.29 is 17.9 Å². The highest BCUT2D eigenvalue weighted by Crippen LogP contribution is 2.49. The van der Waals surface area contributed by atoms with Crippen LogP contribution in [0.25, 0.3) is 5.57 Å². The van der Waals surface area contributed by atoms with Gasteiger partial charge in [0.15, 0.2) is 0 Å². The summed E-state index contributed by atoms with van der Waals surface area (Å²) in [5.74, 6) is -0.278. The summed E-state index contributed by atoms with van der Waals surface area (Å²) in [6.07, 6.45) is 2.24. The Balaban J connectivity index is 1.58. The molecule has 5 rings (SSSR count). The summed E-state index contributed by atoms with van der Waals surface area (Å²) >= 11 is 0. The topological polar surface area (TPSA) is 140 Å². The fourth-order valence-electron chi connectivity index (χ4n) is 4.27. The summed E-state index contributed by atoms with van der Waals surface area (Å²) in [6, 6.07) is 24.6. The fraction of sp³-hybridized carbons (Fsp3) is 0.0370. The van der Waals surface area contributed by atoms with Gasteiger partial charge < -0.3 is 10.5 Å². The Labute approximate surface area is 208 Å². The van der Waals surface area contributed by atoms with Gasteiger partial charge in [-0.25, -0.2) is 13.6 Å². The standard InChI is InChI=1S/C27H22N4O4S/c28-26(29)19-12-7-13-20(16-19)35-24(18-10-5-2-6-11-18)27(32)31-22-15-14-21(17-8-3-1-4-9-17)23(31)25(22)36(30,33)34/h1-16,24H,(H3,28,29)(H2,30,33,34). The first kappa shape index (κ1) is 23.3. The van der Waals surface area contributed by atoms with E-state index in [0.717, 1.165) is 5.56 Å². The second-order valence-corrected chi connectivity index (χ2v) is 9.74. The number of ether oxygens (including phenoxy) is 1. The van der Waals surface area contributed by atoms with Gasteiger partial charge in [0.05, 0.1) is 11.4 Å². The van der Waals surface area contributed by atoms with Crippen molar-refractivity contribution in [3.63, 3.8) is 0 Å². The van der Waals surface area contributed by atoms with E-state index < -0.39 is 22.0 Å². The smallest absolute Gasteiger partial charge is 0.277 e. The van der Waals surface area contributed by atoms with Gasteiger partial charge in [-0.1, -0.05) is 78.9 Å². The summed E-state index contributed by atoms with van der Waals surface area (Å²) in [6.45, 7) is 0. The Hall–Kier alpha value is -4.47. The zero-order valence-electron chi connectivity index (χ0n) is 19.0. The predicted molar refractivity (Wildman–Crippen MR) is 137 cm³/mol. The molecule has 0 aromatic heterocycles. The number of hydrogen-bond acceptors (Lipinski definition) is 5. The van der Waals surface area contributed by atoms with E-state index in [0.29, 0.717) is 22.4 Å². The number of carbonyl (C=O) groups is 1. The minimum absolute atomic E-state index is 0.0809. The molecule has 9 heteroatoms. The molecule has 3 aromatic rings. The molecule has 0 radical (unpaired) electrons. The highest BCUT2D eigenvalue weighted by Gasteiger charge is 2.48. The number of carbonyl (C=O) groups excluding carboxylic acids is 1. The van der Waals surface area contributed by atoms with Crippen molar-refractivity contribution in [3.8, 4) is 5.75 Å². The van der Waals surface area contributed by atoms with Crippen LogP contribution in [0.15, 0.2) is 113 Å². The van der Waals surface area contributed by atoms with Crippen molar-refractivity contribution in [2.75, 3.05) is 0 Å². The molecule has 8 nitrogen and oxygen atoms in total. The summed E-state index contributed by atoms with van der Waals surface area (Å²) in [4.78, 5) is 15.3. The van der Waals surface area contributed by atoms with Crippen molar-refractivity contribution in [2.45, 2.75) is 6.10 Å². The van der Waals surface area contributed by atoms with Gasteiger partial charge in [-0.05, 0) is 23.8 Å². The lowest BCUT2D eigenvalue weighted by Crippen LogP contribution is -2.47. The number of primary sulfonamides is 1. The average Bonchev–Trinajstić information content (AvgIpc) is 2.87. The lowest BCUT2D eigenvalue weighted by atomic mass is 9.90. The number of nitrogen functional groups attached to an aromatic ring is 1. The van der Waals surface area contributed by atoms with Crippen LogP contribution in [0.2, 0.25) is 0 Å². The SMILES string of the molecule is N=C(N)c1cccc(OC(C(=O)N2c3ccc(-c4ccccc4)c2c3S(N)(=O)=O)c2ccccc2)c1. The Bertz CT molecular complexity index is 1580. The van der Waals surface area contributed by atoms with Gasteiger partial charge in [0.2, 0.25) is 16.1 Å². The molecule has 0 aliphatic carbocycles. The lowest BCUT2D eigenvalue weighted by Gasteiger charge is -2.43. The molecule has 0 saturated carbocycles. The van der Waals surface area contributed by atoms with Crippen LogP contribution < -0.4 is 15.6 Å². The third kappa shape index (κ3) is 4.10. The number of sulfonamides is 1. The van der Waals surface area contributed by atoms with Crippen LogP contribution >= 0.6 is 0 Å². The van der Waals surface area contributed by atoms with Crippen LogP contribution in [0.5, 0.6) is 5.75 Å². The normalized spacial score (nSPS) is 15.4. The molecule has 1 unspecified atom stereocenters. The molecule has 0 spiro atoms. The molecule has 1 amide bonds. The number of nitrogens with zero attached hydrogens (tertiary/aromatic N) is 1. The fourth-order valence-corrected chi connectivity index (χ4v) is 5.19. The molecule has 2 aliphatic heterocycles. The largest absolute Gasteiger partial charge is 0.476 e. The Morgan fingerprint density at radius 3 is 2.22 bits per heavy atom. The molecular formula is C27H22N4O4S. The number of benzene rings is 3. The number of amidine groups is 1. The van der Waals surface area contributed by atoms with E-state index in [4.69, 9.17) is 21.0 Å². The second kappa shape index (κ2) is 8.95. The van der Waals surface area contributed by atoms with E-state index in [1.54, 1.807) is 60.7 Å². The molecule has 180 valence electrons. The third-order valence-electron chi connectivity index (χ3n) is 5.89. The summed E-state index contributed by atoms with van der Waals surface area (Å²) in [7, 11) is -4.10. The quantitative estimate of drug-likeness (QED) is 0.338. The van der Waals surface area contributed by atoms with E-state index in [9.17, 15) is 13.2 Å². The number of amides is 1. The van der Waals surface area contributed by atoms with Crippen LogP contribution in [-0.4, -0.2) is 25.1 Å². The van der Waals surface area contributed by atoms with Crippen LogP contribution in [0.1, 0.15) is 22.8 Å². The molecular weight excluding hydrogens is 476 g/mol. The summed E-state index contributed by atoms with van der Waals surface area (Å²) in [5, 5.41) is 13.2. The number of fused-ring (bicyclic) bond motifs is 2. The van der Waals surface area contributed by atoms with Crippen molar-refractivity contribution >= 4 is 27.3 Å². The molecule has 5 N–H and O–H groups in total. The van der Waals surface area contributed by atoms with E-state index in [-0.39, 0.29) is 22.1 Å². The number of allylic oxidation sites excluding steroid dienone is 3. The molecule has 2 heterocycles. The Morgan fingerprint density at radius 2 is 1.58 bits per heavy atom. The van der Waals surface area contributed by atoms with E-state index >= 15 is 0 Å². The Morgan fingerprint density at radius 1 is 0.917 bits per heavy atom. The van der Waals surface area contributed by atoms with Crippen LogP contribution in [0, 0.1) is 5.41 Å². The van der Waals surface area contributed by atoms with Gasteiger partial charge in [0.1, 0.15) is 16.5 Å². The van der Waals surface area contributed by atoms with Crippen molar-refractivity contribution in [3.05, 3.63) is 130 Å². The summed E-state index contributed by atoms with van der Waals surface area (Å²) < 4.78 is 31.1. The molecule has 3 aromatic carbocycles. The van der Waals surface area contributed by atoms with Gasteiger partial charge in [-0.3, -0.25) is 15.1 Å². The van der Waals surface area contributed by atoms with Gasteiger partial charge in [-0.15, -0.1) is 0 Å². The van der Waals surface area contributed by atoms with Gasteiger partial charge in [0.25, 0.3) is 5.91 Å². The first-order valence-corrected chi connectivity index (χ1v) is 12.6. The van der Waals surface area contributed by atoms with Crippen LogP contribution in [0.4, 0.5) is 0 Å². The first-order valence-electron chi connectivity index (χ1n) is 11.0. The van der Waals surface area contributed by atoms with Crippen molar-refractivity contribution in [2.24, 2.45) is 10.9 Å². The summed E-state index contributed by atoms with van der Waals surface area (Å²) in [5.41, 5.74) is 8.35. The maximum Gasteiger partial charge on any atom is 0.277 e. The maximum atomic E-state index is 14.0. The van der Waals surface area contributed by atoms with E-state index in [1.165, 1.54) is 4.90 Å². The van der Waals surface area contributed by atoms with Gasteiger partial charge in [-0.2, -0.15) is 0 Å². The number of rotatable bonds is 7. The molecule has 2 aliphatic rings. The van der Waals surface area contributed by atoms with Crippen LogP contribution in [-0.2, 0) is 14.8 Å². The molecule has 0 saturated heterocycles. The monoisotopic (exact) mass is 498 g/mol. The molecule has 0 fully saturated rings. The van der Waals surface area contributed by atoms with E-state index in [1.807, 2.05) is 36.4 Å². The zero-order chi connectivity index (χ0) is 25.4. The van der Waals surface area contributed by atoms with Crippen LogP contribution in [0.3, 0.4) is 0 Å². The molecule has 36 heavy (non-hydrogen) atoms. The Kier molecular flexibility index (Phi) is 5.79. The second-order valence-electron chi connectivity index (χ2n) is 8.24. The number of hydrogen-bond donors (Lipinski definition) is 3. The predicted octanol–water partition coefficient (Wildman–Crippen LogP) is 3.41. The highest BCUT2D eigenvalue weighted by molar-refractivity contribution is 7.93. The van der Waals surface area contributed by atoms with Crippen molar-refractivity contribution in [1.29, 1.82) is 5.41 Å². The lowest BCUT2D eigenvalue weighted by molar-refractivity contribution is -0.135. The average molecular weight is 499 g/mol. The first-order chi connectivity index (χ1) is 17.3. The van der Waals surface area contributed by atoms with Gasteiger partial charge >= 0.3 is 0 Å². The van der Waals surface area contributed by atoms with E-state index in [2.05, 4.69) is 0 Å². The maximum absolute atomic E-state index is 14.0. The van der Waals surface area contributed by atoms with Crippen molar-refractivity contribution in [1.82, 2.24) is 4.90 Å². The molecule has 2 bridgehead atoms. The minimum Gasteiger partial charge on any atom is -0.476 e. The highest BCUT2D eigenvalue weighted by atomic mass is 32.2. The third-order valence-corrected chi connectivity index (χ3v) is 6.86. The zero-order valence-corrected chi connectivity index (χ0v) is 19.8.